The van der Waals surface area contributed by atoms with Crippen molar-refractivity contribution in [2.24, 2.45) is 12.5 Å². The highest BCUT2D eigenvalue weighted by Gasteiger charge is 2.28. The third-order valence-corrected chi connectivity index (χ3v) is 3.08. The van der Waals surface area contributed by atoms with Crippen LogP contribution in [-0.4, -0.2) is 25.6 Å². The number of rotatable bonds is 2. The Balaban J connectivity index is 2.10. The maximum Gasteiger partial charge on any atom is 0.178 e. The van der Waals surface area contributed by atoms with Crippen molar-refractivity contribution in [2.45, 2.75) is 38.5 Å². The molecule has 1 aliphatic carbocycles. The molecule has 1 atom stereocenters. The number of alkyl halides is 1. The molecule has 0 spiro atoms. The van der Waals surface area contributed by atoms with Gasteiger partial charge in [-0.05, 0) is 23.5 Å². The van der Waals surface area contributed by atoms with Gasteiger partial charge in [0, 0.05) is 6.42 Å². The minimum atomic E-state index is 0.135. The van der Waals surface area contributed by atoms with Crippen LogP contribution in [0.2, 0.25) is 0 Å². The third kappa shape index (κ3) is 2.82. The van der Waals surface area contributed by atoms with Gasteiger partial charge in [-0.1, -0.05) is 25.5 Å². The number of halogens is 1. The molecule has 0 saturated carbocycles. The van der Waals surface area contributed by atoms with Crippen LogP contribution in [0.25, 0.3) is 0 Å². The normalized spacial score (nSPS) is 24.2. The summed E-state index contributed by atoms with van der Waals surface area (Å²) in [5.74, 6) is 0.773. The van der Waals surface area contributed by atoms with Gasteiger partial charge in [-0.25, -0.2) is 0 Å². The predicted octanol–water partition coefficient (Wildman–Crippen LogP) is 2.11. The fourth-order valence-electron chi connectivity index (χ4n) is 2.31. The monoisotopic (exact) mass is 240 g/mol. The molecule has 5 heteroatoms. The Morgan fingerprint density at radius 2 is 2.31 bits per heavy atom. The van der Waals surface area contributed by atoms with Crippen LogP contribution in [0.3, 0.4) is 0 Å². The molecule has 0 fully saturated rings. The van der Waals surface area contributed by atoms with E-state index < -0.39 is 0 Å². The SMILES string of the molecule is Cn1nnc(CC2=CC(Cl)CC(C)(C)C2)n1. The van der Waals surface area contributed by atoms with Crippen molar-refractivity contribution in [3.8, 4) is 0 Å². The number of allylic oxidation sites excluding steroid dienone is 2. The summed E-state index contributed by atoms with van der Waals surface area (Å²) in [7, 11) is 1.78. The van der Waals surface area contributed by atoms with Gasteiger partial charge in [0.15, 0.2) is 5.82 Å². The number of hydrogen-bond donors (Lipinski definition) is 0. The van der Waals surface area contributed by atoms with Crippen LogP contribution in [0.5, 0.6) is 0 Å². The summed E-state index contributed by atoms with van der Waals surface area (Å²) in [5.41, 5.74) is 1.60. The Labute approximate surface area is 101 Å². The molecule has 0 bridgehead atoms. The van der Waals surface area contributed by atoms with Crippen LogP contribution >= 0.6 is 11.6 Å². The zero-order chi connectivity index (χ0) is 11.8. The Morgan fingerprint density at radius 3 is 2.88 bits per heavy atom. The molecular weight excluding hydrogens is 224 g/mol. The summed E-state index contributed by atoms with van der Waals surface area (Å²) in [6, 6.07) is 0. The zero-order valence-electron chi connectivity index (χ0n) is 9.94. The predicted molar refractivity (Wildman–Crippen MR) is 63.2 cm³/mol. The summed E-state index contributed by atoms with van der Waals surface area (Å²) in [6.07, 6.45) is 5.00. The quantitative estimate of drug-likeness (QED) is 0.588. The van der Waals surface area contributed by atoms with Gasteiger partial charge >= 0.3 is 0 Å². The zero-order valence-corrected chi connectivity index (χ0v) is 10.7. The first-order valence-corrected chi connectivity index (χ1v) is 5.95. The van der Waals surface area contributed by atoms with Gasteiger partial charge in [-0.15, -0.1) is 21.8 Å². The molecule has 4 nitrogen and oxygen atoms in total. The minimum absolute atomic E-state index is 0.135. The molecule has 88 valence electrons. The molecule has 0 amide bonds. The van der Waals surface area contributed by atoms with Gasteiger partial charge in [-0.3, -0.25) is 0 Å². The molecule has 1 aromatic rings. The number of tetrazole rings is 1. The van der Waals surface area contributed by atoms with Crippen molar-refractivity contribution < 1.29 is 0 Å². The molecule has 16 heavy (non-hydrogen) atoms. The van der Waals surface area contributed by atoms with Gasteiger partial charge in [-0.2, -0.15) is 4.80 Å². The van der Waals surface area contributed by atoms with Crippen LogP contribution in [0, 0.1) is 5.41 Å². The molecular formula is C11H17ClN4. The number of aryl methyl sites for hydroxylation is 1. The average Bonchev–Trinajstić information content (AvgIpc) is 2.46. The van der Waals surface area contributed by atoms with E-state index in [0.29, 0.717) is 0 Å². The molecule has 0 aliphatic heterocycles. The topological polar surface area (TPSA) is 43.6 Å². The Morgan fingerprint density at radius 1 is 1.56 bits per heavy atom. The molecule has 0 radical (unpaired) electrons. The van der Waals surface area contributed by atoms with E-state index in [1.54, 1.807) is 7.05 Å². The van der Waals surface area contributed by atoms with E-state index >= 15 is 0 Å². The molecule has 0 aromatic carbocycles. The highest BCUT2D eigenvalue weighted by atomic mass is 35.5. The maximum atomic E-state index is 6.23. The van der Waals surface area contributed by atoms with Crippen LogP contribution in [0.15, 0.2) is 11.6 Å². The van der Waals surface area contributed by atoms with E-state index in [-0.39, 0.29) is 10.8 Å². The first kappa shape index (κ1) is 11.6. The largest absolute Gasteiger partial charge is 0.178 e. The molecule has 1 aromatic heterocycles. The van der Waals surface area contributed by atoms with E-state index in [1.165, 1.54) is 10.4 Å². The summed E-state index contributed by atoms with van der Waals surface area (Å²) in [5, 5.41) is 12.2. The van der Waals surface area contributed by atoms with Crippen LogP contribution in [-0.2, 0) is 13.5 Å². The first-order chi connectivity index (χ1) is 7.44. The molecule has 0 N–H and O–H groups in total. The highest BCUT2D eigenvalue weighted by Crippen LogP contribution is 2.38. The van der Waals surface area contributed by atoms with Crippen molar-refractivity contribution in [3.05, 3.63) is 17.5 Å². The lowest BCUT2D eigenvalue weighted by atomic mass is 9.76. The van der Waals surface area contributed by atoms with E-state index in [4.69, 9.17) is 11.6 Å². The van der Waals surface area contributed by atoms with Crippen molar-refractivity contribution in [3.63, 3.8) is 0 Å². The second-order valence-corrected chi connectivity index (χ2v) is 5.82. The third-order valence-electron chi connectivity index (χ3n) is 2.80. The smallest absolute Gasteiger partial charge is 0.167 e. The van der Waals surface area contributed by atoms with E-state index in [2.05, 4.69) is 35.3 Å². The Hall–Kier alpha value is -0.900. The fourth-order valence-corrected chi connectivity index (χ4v) is 2.90. The highest BCUT2D eigenvalue weighted by molar-refractivity contribution is 6.21. The van der Waals surface area contributed by atoms with Crippen molar-refractivity contribution in [1.29, 1.82) is 0 Å². The van der Waals surface area contributed by atoms with Gasteiger partial charge in [0.25, 0.3) is 0 Å². The molecule has 0 saturated heterocycles. The van der Waals surface area contributed by atoms with Crippen molar-refractivity contribution in [1.82, 2.24) is 20.2 Å². The molecule has 1 heterocycles. The fraction of sp³-hybridized carbons (Fsp3) is 0.727. The lowest BCUT2D eigenvalue weighted by Crippen LogP contribution is -2.23. The first-order valence-electron chi connectivity index (χ1n) is 5.51. The second-order valence-electron chi connectivity index (χ2n) is 5.26. The standard InChI is InChI=1S/C11H17ClN4/c1-11(2)6-8(4-9(12)7-11)5-10-13-15-16(3)14-10/h4,9H,5-7H2,1-3H3. The average molecular weight is 241 g/mol. The molecule has 1 aliphatic rings. The summed E-state index contributed by atoms with van der Waals surface area (Å²) in [4.78, 5) is 1.49. The van der Waals surface area contributed by atoms with Crippen LogP contribution in [0.1, 0.15) is 32.5 Å². The van der Waals surface area contributed by atoms with Crippen LogP contribution < -0.4 is 0 Å². The van der Waals surface area contributed by atoms with Crippen molar-refractivity contribution >= 4 is 11.6 Å². The van der Waals surface area contributed by atoms with E-state index in [0.717, 1.165) is 25.1 Å². The minimum Gasteiger partial charge on any atom is -0.167 e. The lowest BCUT2D eigenvalue weighted by Gasteiger charge is -2.32. The Bertz CT molecular complexity index is 408. The lowest BCUT2D eigenvalue weighted by molar-refractivity contribution is 0.320. The molecule has 1 unspecified atom stereocenters. The van der Waals surface area contributed by atoms with E-state index in [9.17, 15) is 0 Å². The number of hydrogen-bond acceptors (Lipinski definition) is 3. The number of nitrogens with zero attached hydrogens (tertiary/aromatic N) is 4. The van der Waals surface area contributed by atoms with Gasteiger partial charge in [0.1, 0.15) is 0 Å². The maximum absolute atomic E-state index is 6.23. The summed E-state index contributed by atoms with van der Waals surface area (Å²) >= 11 is 6.23. The second kappa shape index (κ2) is 4.17. The van der Waals surface area contributed by atoms with Gasteiger partial charge < -0.3 is 0 Å². The van der Waals surface area contributed by atoms with Gasteiger partial charge in [0.05, 0.1) is 12.4 Å². The van der Waals surface area contributed by atoms with Gasteiger partial charge in [0.2, 0.25) is 0 Å². The van der Waals surface area contributed by atoms with Crippen molar-refractivity contribution in [2.75, 3.05) is 0 Å². The molecule has 2 rings (SSSR count). The summed E-state index contributed by atoms with van der Waals surface area (Å²) < 4.78 is 0. The van der Waals surface area contributed by atoms with Crippen LogP contribution in [0.4, 0.5) is 0 Å². The Kier molecular flexibility index (Phi) is 3.02. The summed E-state index contributed by atoms with van der Waals surface area (Å²) in [6.45, 7) is 4.50. The number of aromatic nitrogens is 4. The van der Waals surface area contributed by atoms with E-state index in [1.807, 2.05) is 0 Å².